The molecule has 1 heterocycles. The van der Waals surface area contributed by atoms with Crippen LogP contribution < -0.4 is 5.32 Å². The molecule has 102 valence electrons. The van der Waals surface area contributed by atoms with Gasteiger partial charge in [0.2, 0.25) is 5.95 Å². The molecule has 3 heteroatoms. The minimum absolute atomic E-state index is 0.195. The molecule has 1 atom stereocenters. The normalized spacial score (nSPS) is 13.3. The van der Waals surface area contributed by atoms with Crippen LogP contribution in [0.1, 0.15) is 39.4 Å². The molecule has 1 aromatic heterocycles. The van der Waals surface area contributed by atoms with E-state index in [1.807, 2.05) is 25.1 Å². The first-order valence-corrected chi connectivity index (χ1v) is 6.75. The van der Waals surface area contributed by atoms with E-state index in [0.29, 0.717) is 6.04 Å². The summed E-state index contributed by atoms with van der Waals surface area (Å²) in [6.07, 6.45) is 2.11. The fourth-order valence-corrected chi connectivity index (χ4v) is 1.97. The van der Waals surface area contributed by atoms with Gasteiger partial charge in [0, 0.05) is 17.9 Å². The summed E-state index contributed by atoms with van der Waals surface area (Å²) in [4.78, 5) is 4.59. The molecule has 0 spiro atoms. The molecule has 19 heavy (non-hydrogen) atoms. The van der Waals surface area contributed by atoms with Crippen molar-refractivity contribution in [1.29, 1.82) is 0 Å². The second-order valence-corrected chi connectivity index (χ2v) is 6.15. The van der Waals surface area contributed by atoms with Crippen molar-refractivity contribution in [2.24, 2.45) is 5.41 Å². The number of hydrogen-bond donors (Lipinski definition) is 1. The molecule has 3 nitrogen and oxygen atoms in total. The van der Waals surface area contributed by atoms with Gasteiger partial charge in [-0.2, -0.15) is 0 Å². The lowest BCUT2D eigenvalue weighted by Gasteiger charge is -2.29. The number of aryl methyl sites for hydroxylation is 1. The lowest BCUT2D eigenvalue weighted by Crippen LogP contribution is -2.22. The van der Waals surface area contributed by atoms with Crippen LogP contribution in [0.25, 0.3) is 0 Å². The van der Waals surface area contributed by atoms with E-state index in [1.54, 1.807) is 0 Å². The Morgan fingerprint density at radius 1 is 1.16 bits per heavy atom. The lowest BCUT2D eigenvalue weighted by atomic mass is 9.88. The van der Waals surface area contributed by atoms with Crippen LogP contribution in [0.4, 0.5) is 11.6 Å². The maximum absolute atomic E-state index is 4.59. The third kappa shape index (κ3) is 3.16. The predicted octanol–water partition coefficient (Wildman–Crippen LogP) is 4.54. The van der Waals surface area contributed by atoms with Gasteiger partial charge in [-0.3, -0.25) is 0 Å². The van der Waals surface area contributed by atoms with Crippen LogP contribution >= 0.6 is 0 Å². The van der Waals surface area contributed by atoms with Gasteiger partial charge in [0.1, 0.15) is 0 Å². The lowest BCUT2D eigenvalue weighted by molar-refractivity contribution is 0.265. The maximum atomic E-state index is 4.59. The number of hydrogen-bond acceptors (Lipinski definition) is 2. The first kappa shape index (κ1) is 13.7. The molecule has 0 bridgehead atoms. The Hall–Kier alpha value is -1.77. The van der Waals surface area contributed by atoms with Gasteiger partial charge in [0.05, 0.1) is 5.69 Å². The SMILES string of the molecule is Cc1cn(C(C)C(C)(C)C)c(Nc2ccccc2)n1. The van der Waals surface area contributed by atoms with Gasteiger partial charge >= 0.3 is 0 Å². The number of para-hydroxylation sites is 1. The molecular formula is C16H23N3. The molecule has 0 aliphatic carbocycles. The molecule has 1 N–H and O–H groups in total. The van der Waals surface area contributed by atoms with E-state index in [0.717, 1.165) is 17.3 Å². The average Bonchev–Trinajstić information content (AvgIpc) is 2.69. The van der Waals surface area contributed by atoms with Crippen molar-refractivity contribution in [2.45, 2.75) is 40.7 Å². The smallest absolute Gasteiger partial charge is 0.207 e. The van der Waals surface area contributed by atoms with E-state index < -0.39 is 0 Å². The highest BCUT2D eigenvalue weighted by Gasteiger charge is 2.24. The predicted molar refractivity (Wildman–Crippen MR) is 80.9 cm³/mol. The molecule has 0 amide bonds. The number of nitrogens with one attached hydrogen (secondary N) is 1. The van der Waals surface area contributed by atoms with Crippen LogP contribution in [-0.4, -0.2) is 9.55 Å². The minimum atomic E-state index is 0.195. The van der Waals surface area contributed by atoms with Crippen LogP contribution in [0.5, 0.6) is 0 Å². The van der Waals surface area contributed by atoms with Gasteiger partial charge in [-0.25, -0.2) is 4.98 Å². The molecule has 0 fully saturated rings. The van der Waals surface area contributed by atoms with Gasteiger partial charge in [-0.05, 0) is 31.4 Å². The summed E-state index contributed by atoms with van der Waals surface area (Å²) < 4.78 is 2.22. The summed E-state index contributed by atoms with van der Waals surface area (Å²) >= 11 is 0. The molecular weight excluding hydrogens is 234 g/mol. The average molecular weight is 257 g/mol. The van der Waals surface area contributed by atoms with Crippen molar-refractivity contribution in [2.75, 3.05) is 5.32 Å². The van der Waals surface area contributed by atoms with Gasteiger partial charge in [0.25, 0.3) is 0 Å². The molecule has 2 rings (SSSR count). The highest BCUT2D eigenvalue weighted by molar-refractivity contribution is 5.53. The Balaban J connectivity index is 2.31. The number of imidazole rings is 1. The van der Waals surface area contributed by atoms with E-state index >= 15 is 0 Å². The fourth-order valence-electron chi connectivity index (χ4n) is 1.97. The quantitative estimate of drug-likeness (QED) is 0.874. The van der Waals surface area contributed by atoms with E-state index in [9.17, 15) is 0 Å². The summed E-state index contributed by atoms with van der Waals surface area (Å²) in [6, 6.07) is 10.5. The zero-order chi connectivity index (χ0) is 14.0. The van der Waals surface area contributed by atoms with Gasteiger partial charge in [-0.15, -0.1) is 0 Å². The van der Waals surface area contributed by atoms with Crippen molar-refractivity contribution in [3.05, 3.63) is 42.2 Å². The van der Waals surface area contributed by atoms with Gasteiger partial charge in [0.15, 0.2) is 0 Å². The molecule has 0 aliphatic heterocycles. The van der Waals surface area contributed by atoms with Gasteiger partial charge in [-0.1, -0.05) is 39.0 Å². The number of benzene rings is 1. The highest BCUT2D eigenvalue weighted by atomic mass is 15.2. The molecule has 0 aliphatic rings. The van der Waals surface area contributed by atoms with Crippen molar-refractivity contribution < 1.29 is 0 Å². The van der Waals surface area contributed by atoms with Crippen LogP contribution in [0.2, 0.25) is 0 Å². The topological polar surface area (TPSA) is 29.9 Å². The van der Waals surface area contributed by atoms with Crippen LogP contribution in [0.15, 0.2) is 36.5 Å². The van der Waals surface area contributed by atoms with Crippen LogP contribution in [0.3, 0.4) is 0 Å². The fraction of sp³-hybridized carbons (Fsp3) is 0.438. The van der Waals surface area contributed by atoms with Crippen molar-refractivity contribution in [1.82, 2.24) is 9.55 Å². The Kier molecular flexibility index (Phi) is 3.65. The summed E-state index contributed by atoms with van der Waals surface area (Å²) in [5.41, 5.74) is 2.30. The van der Waals surface area contributed by atoms with E-state index in [2.05, 4.69) is 60.9 Å². The summed E-state index contributed by atoms with van der Waals surface area (Å²) in [7, 11) is 0. The van der Waals surface area contributed by atoms with Crippen molar-refractivity contribution >= 4 is 11.6 Å². The number of nitrogens with zero attached hydrogens (tertiary/aromatic N) is 2. The second kappa shape index (κ2) is 5.08. The molecule has 0 radical (unpaired) electrons. The Labute approximate surface area is 115 Å². The van der Waals surface area contributed by atoms with Crippen LogP contribution in [-0.2, 0) is 0 Å². The first-order chi connectivity index (χ1) is 8.88. The van der Waals surface area contributed by atoms with Crippen molar-refractivity contribution in [3.8, 4) is 0 Å². The van der Waals surface area contributed by atoms with Crippen molar-refractivity contribution in [3.63, 3.8) is 0 Å². The third-order valence-corrected chi connectivity index (χ3v) is 3.55. The minimum Gasteiger partial charge on any atom is -0.326 e. The number of aromatic nitrogens is 2. The summed E-state index contributed by atoms with van der Waals surface area (Å²) in [5, 5.41) is 3.40. The summed E-state index contributed by atoms with van der Waals surface area (Å²) in [6.45, 7) is 11.0. The Morgan fingerprint density at radius 2 is 1.79 bits per heavy atom. The van der Waals surface area contributed by atoms with E-state index in [4.69, 9.17) is 0 Å². The van der Waals surface area contributed by atoms with Gasteiger partial charge < -0.3 is 9.88 Å². The Morgan fingerprint density at radius 3 is 2.37 bits per heavy atom. The molecule has 1 unspecified atom stereocenters. The third-order valence-electron chi connectivity index (χ3n) is 3.55. The second-order valence-electron chi connectivity index (χ2n) is 6.15. The maximum Gasteiger partial charge on any atom is 0.207 e. The zero-order valence-electron chi connectivity index (χ0n) is 12.4. The number of anilines is 2. The molecule has 0 saturated heterocycles. The van der Waals surface area contributed by atoms with E-state index in [-0.39, 0.29) is 5.41 Å². The zero-order valence-corrected chi connectivity index (χ0v) is 12.4. The highest BCUT2D eigenvalue weighted by Crippen LogP contribution is 2.33. The molecule has 2 aromatic rings. The summed E-state index contributed by atoms with van der Waals surface area (Å²) in [5.74, 6) is 0.908. The molecule has 0 saturated carbocycles. The standard InChI is InChI=1S/C16H23N3/c1-12-11-19(13(2)16(3,4)5)15(17-12)18-14-9-7-6-8-10-14/h6-11,13H,1-5H3,(H,17,18). The van der Waals surface area contributed by atoms with Crippen LogP contribution in [0, 0.1) is 12.3 Å². The largest absolute Gasteiger partial charge is 0.326 e. The number of rotatable bonds is 3. The Bertz CT molecular complexity index is 535. The van der Waals surface area contributed by atoms with E-state index in [1.165, 1.54) is 0 Å². The monoisotopic (exact) mass is 257 g/mol. The molecule has 1 aromatic carbocycles. The first-order valence-electron chi connectivity index (χ1n) is 6.75.